The van der Waals surface area contributed by atoms with Crippen LogP contribution in [0.25, 0.3) is 0 Å². The second-order valence-corrected chi connectivity index (χ2v) is 4.91. The lowest BCUT2D eigenvalue weighted by Crippen LogP contribution is -1.84. The van der Waals surface area contributed by atoms with Crippen LogP contribution >= 0.6 is 47.8 Å². The number of rotatable bonds is 0. The van der Waals surface area contributed by atoms with Crippen molar-refractivity contribution >= 4 is 47.8 Å². The molecule has 0 radical (unpaired) electrons. The SMILES string of the molecule is C.Cc1c(Br)cc(Br)c(C)c1Br. The molecule has 1 aromatic rings. The lowest BCUT2D eigenvalue weighted by Gasteiger charge is -2.06. The molecule has 0 aliphatic heterocycles. The lowest BCUT2D eigenvalue weighted by atomic mass is 10.2. The van der Waals surface area contributed by atoms with Gasteiger partial charge in [0, 0.05) is 13.4 Å². The minimum atomic E-state index is 0. The van der Waals surface area contributed by atoms with E-state index in [1.807, 2.05) is 0 Å². The van der Waals surface area contributed by atoms with Gasteiger partial charge in [-0.2, -0.15) is 0 Å². The summed E-state index contributed by atoms with van der Waals surface area (Å²) in [5, 5.41) is 0. The molecule has 0 fully saturated rings. The Balaban J connectivity index is 0.00000121. The minimum absolute atomic E-state index is 0. The molecule has 0 aliphatic carbocycles. The van der Waals surface area contributed by atoms with Gasteiger partial charge in [-0.3, -0.25) is 0 Å². The normalized spacial score (nSPS) is 9.42. The van der Waals surface area contributed by atoms with Crippen LogP contribution in [0.3, 0.4) is 0 Å². The van der Waals surface area contributed by atoms with Gasteiger partial charge in [-0.25, -0.2) is 0 Å². The minimum Gasteiger partial charge on any atom is -0.0776 e. The van der Waals surface area contributed by atoms with E-state index in [2.05, 4.69) is 67.7 Å². The van der Waals surface area contributed by atoms with Crippen LogP contribution in [0, 0.1) is 13.8 Å². The Morgan fingerprint density at radius 3 is 1.58 bits per heavy atom. The molecule has 0 heterocycles. The molecule has 0 amide bonds. The summed E-state index contributed by atoms with van der Waals surface area (Å²) in [5.74, 6) is 0. The second-order valence-electron chi connectivity index (χ2n) is 2.40. The highest BCUT2D eigenvalue weighted by atomic mass is 79.9. The summed E-state index contributed by atoms with van der Waals surface area (Å²) in [6.45, 7) is 4.15. The Labute approximate surface area is 99.1 Å². The van der Waals surface area contributed by atoms with Crippen molar-refractivity contribution < 1.29 is 0 Å². The lowest BCUT2D eigenvalue weighted by molar-refractivity contribution is 1.29. The molecule has 0 unspecified atom stereocenters. The zero-order valence-electron chi connectivity index (χ0n) is 6.21. The van der Waals surface area contributed by atoms with Gasteiger partial charge >= 0.3 is 0 Å². The zero-order chi connectivity index (χ0) is 8.59. The van der Waals surface area contributed by atoms with Crippen molar-refractivity contribution in [2.45, 2.75) is 21.3 Å². The number of halogens is 3. The third-order valence-electron chi connectivity index (χ3n) is 1.63. The van der Waals surface area contributed by atoms with Gasteiger partial charge < -0.3 is 0 Å². The molecule has 0 N–H and O–H groups in total. The van der Waals surface area contributed by atoms with Gasteiger partial charge in [0.05, 0.1) is 0 Å². The van der Waals surface area contributed by atoms with E-state index in [1.54, 1.807) is 0 Å². The van der Waals surface area contributed by atoms with E-state index in [-0.39, 0.29) is 7.43 Å². The third kappa shape index (κ3) is 2.33. The molecule has 1 rings (SSSR count). The van der Waals surface area contributed by atoms with Crippen LogP contribution in [-0.4, -0.2) is 0 Å². The van der Waals surface area contributed by atoms with Crippen LogP contribution < -0.4 is 0 Å². The standard InChI is InChI=1S/C8H7Br3.CH4/c1-4-6(9)3-7(10)5(2)8(4)11;/h3H,1-2H3;1H4. The molecule has 3 heteroatoms. The van der Waals surface area contributed by atoms with Crippen LogP contribution in [0.1, 0.15) is 18.6 Å². The molecule has 12 heavy (non-hydrogen) atoms. The first-order chi connectivity index (χ1) is 5.04. The molecular weight excluding hydrogens is 348 g/mol. The largest absolute Gasteiger partial charge is 0.0776 e. The fourth-order valence-corrected chi connectivity index (χ4v) is 2.94. The Morgan fingerprint density at radius 2 is 1.25 bits per heavy atom. The highest BCUT2D eigenvalue weighted by molar-refractivity contribution is 9.11. The second kappa shape index (κ2) is 4.77. The van der Waals surface area contributed by atoms with Crippen molar-refractivity contribution in [2.24, 2.45) is 0 Å². The van der Waals surface area contributed by atoms with Crippen molar-refractivity contribution in [3.63, 3.8) is 0 Å². The average molecular weight is 359 g/mol. The monoisotopic (exact) mass is 356 g/mol. The van der Waals surface area contributed by atoms with Crippen LogP contribution in [-0.2, 0) is 0 Å². The van der Waals surface area contributed by atoms with Gasteiger partial charge in [0.15, 0.2) is 0 Å². The van der Waals surface area contributed by atoms with E-state index in [9.17, 15) is 0 Å². The van der Waals surface area contributed by atoms with E-state index in [1.165, 1.54) is 15.6 Å². The van der Waals surface area contributed by atoms with Crippen molar-refractivity contribution in [1.82, 2.24) is 0 Å². The molecule has 0 nitrogen and oxygen atoms in total. The van der Waals surface area contributed by atoms with Gasteiger partial charge in [-0.05, 0) is 31.0 Å². The van der Waals surface area contributed by atoms with Gasteiger partial charge in [0.2, 0.25) is 0 Å². The van der Waals surface area contributed by atoms with Gasteiger partial charge in [0.1, 0.15) is 0 Å². The van der Waals surface area contributed by atoms with E-state index in [4.69, 9.17) is 0 Å². The number of hydrogen-bond donors (Lipinski definition) is 0. The van der Waals surface area contributed by atoms with E-state index in [0.29, 0.717) is 0 Å². The van der Waals surface area contributed by atoms with Crippen molar-refractivity contribution in [2.75, 3.05) is 0 Å². The first-order valence-electron chi connectivity index (χ1n) is 3.14. The number of benzene rings is 1. The van der Waals surface area contributed by atoms with Gasteiger partial charge in [-0.15, -0.1) is 0 Å². The van der Waals surface area contributed by atoms with E-state index >= 15 is 0 Å². The fraction of sp³-hybridized carbons (Fsp3) is 0.333. The summed E-state index contributed by atoms with van der Waals surface area (Å²) in [6, 6.07) is 2.06. The molecule has 68 valence electrons. The van der Waals surface area contributed by atoms with Crippen molar-refractivity contribution in [3.8, 4) is 0 Å². The van der Waals surface area contributed by atoms with Crippen LogP contribution in [0.5, 0.6) is 0 Å². The highest BCUT2D eigenvalue weighted by Crippen LogP contribution is 2.33. The molecule has 0 saturated carbocycles. The third-order valence-corrected chi connectivity index (χ3v) is 4.47. The van der Waals surface area contributed by atoms with Gasteiger partial charge in [-0.1, -0.05) is 55.2 Å². The quantitative estimate of drug-likeness (QED) is 0.596. The van der Waals surface area contributed by atoms with E-state index in [0.717, 1.165) is 8.95 Å². The smallest absolute Gasteiger partial charge is 0.0256 e. The Bertz CT molecular complexity index is 266. The first-order valence-corrected chi connectivity index (χ1v) is 5.52. The summed E-state index contributed by atoms with van der Waals surface area (Å²) >= 11 is 10.5. The number of hydrogen-bond acceptors (Lipinski definition) is 0. The Hall–Kier alpha value is 0.660. The molecular formula is C9H11Br3. The summed E-state index contributed by atoms with van der Waals surface area (Å²) in [7, 11) is 0. The fourth-order valence-electron chi connectivity index (χ4n) is 0.819. The van der Waals surface area contributed by atoms with E-state index < -0.39 is 0 Å². The van der Waals surface area contributed by atoms with Gasteiger partial charge in [0.25, 0.3) is 0 Å². The molecule has 1 aromatic carbocycles. The highest BCUT2D eigenvalue weighted by Gasteiger charge is 2.06. The van der Waals surface area contributed by atoms with Crippen LogP contribution in [0.4, 0.5) is 0 Å². The topological polar surface area (TPSA) is 0 Å². The van der Waals surface area contributed by atoms with Crippen molar-refractivity contribution in [1.29, 1.82) is 0 Å². The molecule has 0 spiro atoms. The maximum absolute atomic E-state index is 3.52. The predicted molar refractivity (Wildman–Crippen MR) is 65.7 cm³/mol. The van der Waals surface area contributed by atoms with Crippen LogP contribution in [0.15, 0.2) is 19.5 Å². The molecule has 0 atom stereocenters. The molecule has 0 bridgehead atoms. The molecule has 0 aliphatic rings. The predicted octanol–water partition coefficient (Wildman–Crippen LogP) is 5.23. The van der Waals surface area contributed by atoms with Crippen molar-refractivity contribution in [3.05, 3.63) is 30.6 Å². The molecule has 0 saturated heterocycles. The summed E-state index contributed by atoms with van der Waals surface area (Å²) in [4.78, 5) is 0. The zero-order valence-corrected chi connectivity index (χ0v) is 11.0. The summed E-state index contributed by atoms with van der Waals surface area (Å²) in [5.41, 5.74) is 2.48. The summed E-state index contributed by atoms with van der Waals surface area (Å²) < 4.78 is 3.42. The first kappa shape index (κ1) is 12.7. The Morgan fingerprint density at radius 1 is 0.917 bits per heavy atom. The Kier molecular flexibility index (Phi) is 5.04. The maximum Gasteiger partial charge on any atom is 0.0256 e. The average Bonchev–Trinajstić information content (AvgIpc) is 1.97. The maximum atomic E-state index is 3.52. The molecule has 0 aromatic heterocycles. The summed E-state index contributed by atoms with van der Waals surface area (Å²) in [6.07, 6.45) is 0. The van der Waals surface area contributed by atoms with Crippen LogP contribution in [0.2, 0.25) is 0 Å².